The summed E-state index contributed by atoms with van der Waals surface area (Å²) in [6.07, 6.45) is 0.138. The smallest absolute Gasteiger partial charge is 0.399 e. The first-order chi connectivity index (χ1) is 11.3. The van der Waals surface area contributed by atoms with E-state index in [4.69, 9.17) is 9.31 Å². The summed E-state index contributed by atoms with van der Waals surface area (Å²) in [4.78, 5) is 0. The van der Waals surface area contributed by atoms with E-state index >= 15 is 0 Å². The normalized spacial score (nSPS) is 20.0. The van der Waals surface area contributed by atoms with E-state index in [0.29, 0.717) is 5.56 Å². The largest absolute Gasteiger partial charge is 0.511 e. The van der Waals surface area contributed by atoms with E-state index in [1.54, 1.807) is 24.3 Å². The summed E-state index contributed by atoms with van der Waals surface area (Å²) in [5.41, 5.74) is -4.74. The molecule has 5 nitrogen and oxygen atoms in total. The molecule has 0 radical (unpaired) electrons. The predicted molar refractivity (Wildman–Crippen MR) is 88.8 cm³/mol. The van der Waals surface area contributed by atoms with Crippen LogP contribution in [0.2, 0.25) is 0 Å². The zero-order valence-corrected chi connectivity index (χ0v) is 15.3. The Morgan fingerprint density at radius 3 is 1.96 bits per heavy atom. The number of sulfonamides is 1. The van der Waals surface area contributed by atoms with Crippen molar-refractivity contribution in [2.45, 2.75) is 50.8 Å². The average Bonchev–Trinajstić information content (AvgIpc) is 2.67. The standard InChI is InChI=1S/C15H21BF3NO4S/c1-13(2)14(3,4)24-16(23-13)12-7-5-11(6-8-12)9-10-20-25(21,22)15(17,18)19/h5-8,20H,9-10H2,1-4H3. The monoisotopic (exact) mass is 379 g/mol. The quantitative estimate of drug-likeness (QED) is 0.795. The Kier molecular flexibility index (Phi) is 5.31. The lowest BCUT2D eigenvalue weighted by molar-refractivity contribution is -0.0447. The zero-order chi connectivity index (χ0) is 19.1. The van der Waals surface area contributed by atoms with Crippen molar-refractivity contribution in [1.82, 2.24) is 4.72 Å². The molecule has 0 bridgehead atoms. The van der Waals surface area contributed by atoms with Crippen LogP contribution in [0.15, 0.2) is 24.3 Å². The van der Waals surface area contributed by atoms with Crippen LogP contribution in [0.1, 0.15) is 33.3 Å². The summed E-state index contributed by atoms with van der Waals surface area (Å²) >= 11 is 0. The lowest BCUT2D eigenvalue weighted by atomic mass is 9.79. The van der Waals surface area contributed by atoms with Gasteiger partial charge in [-0.2, -0.15) is 13.2 Å². The topological polar surface area (TPSA) is 64.6 Å². The highest BCUT2D eigenvalue weighted by atomic mass is 32.2. The highest BCUT2D eigenvalue weighted by Gasteiger charge is 2.51. The number of rotatable bonds is 5. The fourth-order valence-electron chi connectivity index (χ4n) is 2.23. The third kappa shape index (κ3) is 4.36. The number of benzene rings is 1. The maximum Gasteiger partial charge on any atom is 0.511 e. The first kappa shape index (κ1) is 20.2. The van der Waals surface area contributed by atoms with Gasteiger partial charge in [0.25, 0.3) is 0 Å². The Labute approximate surface area is 146 Å². The Balaban J connectivity index is 1.96. The van der Waals surface area contributed by atoms with E-state index in [2.05, 4.69) is 0 Å². The van der Waals surface area contributed by atoms with Gasteiger partial charge in [-0.3, -0.25) is 0 Å². The van der Waals surface area contributed by atoms with Crippen LogP contribution in [0, 0.1) is 0 Å². The van der Waals surface area contributed by atoms with Gasteiger partial charge in [-0.1, -0.05) is 24.3 Å². The molecule has 1 heterocycles. The van der Waals surface area contributed by atoms with Gasteiger partial charge in [0.1, 0.15) is 0 Å². The molecule has 1 aliphatic rings. The second-order valence-corrected chi connectivity index (χ2v) is 8.68. The maximum atomic E-state index is 12.2. The molecule has 1 fully saturated rings. The number of halogens is 3. The first-order valence-corrected chi connectivity index (χ1v) is 9.24. The van der Waals surface area contributed by atoms with Crippen LogP contribution in [0.3, 0.4) is 0 Å². The van der Waals surface area contributed by atoms with E-state index in [-0.39, 0.29) is 13.0 Å². The molecular weight excluding hydrogens is 358 g/mol. The Bertz CT molecular complexity index is 701. The summed E-state index contributed by atoms with van der Waals surface area (Å²) in [5.74, 6) is 0. The molecule has 0 amide bonds. The molecule has 25 heavy (non-hydrogen) atoms. The molecule has 1 aromatic carbocycles. The molecule has 0 unspecified atom stereocenters. The van der Waals surface area contributed by atoms with Crippen LogP contribution in [-0.2, 0) is 25.8 Å². The van der Waals surface area contributed by atoms with Crippen LogP contribution < -0.4 is 10.2 Å². The third-order valence-electron chi connectivity index (χ3n) is 4.52. The molecule has 0 saturated carbocycles. The predicted octanol–water partition coefficient (Wildman–Crippen LogP) is 1.97. The van der Waals surface area contributed by atoms with E-state index in [9.17, 15) is 21.6 Å². The van der Waals surface area contributed by atoms with Crippen LogP contribution >= 0.6 is 0 Å². The minimum Gasteiger partial charge on any atom is -0.399 e. The van der Waals surface area contributed by atoms with Crippen molar-refractivity contribution in [2.24, 2.45) is 0 Å². The van der Waals surface area contributed by atoms with E-state index < -0.39 is 33.9 Å². The van der Waals surface area contributed by atoms with Gasteiger partial charge in [0, 0.05) is 6.54 Å². The molecule has 1 N–H and O–H groups in total. The summed E-state index contributed by atoms with van der Waals surface area (Å²) in [6.45, 7) is 7.42. The van der Waals surface area contributed by atoms with Crippen LogP contribution in [0.5, 0.6) is 0 Å². The second-order valence-electron chi connectivity index (χ2n) is 6.92. The van der Waals surface area contributed by atoms with Gasteiger partial charge in [0.2, 0.25) is 0 Å². The summed E-state index contributed by atoms with van der Waals surface area (Å²) in [7, 11) is -5.83. The summed E-state index contributed by atoms with van der Waals surface area (Å²) in [5, 5.41) is 0. The maximum absolute atomic E-state index is 12.2. The van der Waals surface area contributed by atoms with Crippen molar-refractivity contribution in [2.75, 3.05) is 6.54 Å². The van der Waals surface area contributed by atoms with Gasteiger partial charge in [0.15, 0.2) is 0 Å². The van der Waals surface area contributed by atoms with Crippen molar-refractivity contribution in [3.63, 3.8) is 0 Å². The molecule has 0 aromatic heterocycles. The number of hydrogen-bond acceptors (Lipinski definition) is 4. The van der Waals surface area contributed by atoms with Gasteiger partial charge in [0.05, 0.1) is 11.2 Å². The molecule has 0 spiro atoms. The van der Waals surface area contributed by atoms with E-state index in [1.165, 1.54) is 4.72 Å². The van der Waals surface area contributed by atoms with Crippen molar-refractivity contribution in [1.29, 1.82) is 0 Å². The van der Waals surface area contributed by atoms with Crippen molar-refractivity contribution in [3.8, 4) is 0 Å². The minimum absolute atomic E-state index is 0.138. The van der Waals surface area contributed by atoms with E-state index in [0.717, 1.165) is 5.46 Å². The highest BCUT2D eigenvalue weighted by Crippen LogP contribution is 2.36. The van der Waals surface area contributed by atoms with Crippen LogP contribution in [0.25, 0.3) is 0 Å². The van der Waals surface area contributed by atoms with Gasteiger partial charge in [-0.05, 0) is 45.1 Å². The molecule has 0 atom stereocenters. The van der Waals surface area contributed by atoms with Crippen molar-refractivity contribution < 1.29 is 30.9 Å². The molecular formula is C15H21BF3NO4S. The zero-order valence-electron chi connectivity index (χ0n) is 14.5. The number of alkyl halides is 3. The average molecular weight is 379 g/mol. The molecule has 1 aromatic rings. The van der Waals surface area contributed by atoms with Gasteiger partial charge < -0.3 is 9.31 Å². The highest BCUT2D eigenvalue weighted by molar-refractivity contribution is 7.90. The lowest BCUT2D eigenvalue weighted by Crippen LogP contribution is -2.41. The van der Waals surface area contributed by atoms with Crippen molar-refractivity contribution >= 4 is 22.6 Å². The number of nitrogens with one attached hydrogen (secondary N) is 1. The Morgan fingerprint density at radius 2 is 1.52 bits per heavy atom. The molecule has 2 rings (SSSR count). The van der Waals surface area contributed by atoms with Gasteiger partial charge in [-0.15, -0.1) is 0 Å². The Hall–Kier alpha value is -1.10. The number of hydrogen-bond donors (Lipinski definition) is 1. The van der Waals surface area contributed by atoms with E-state index in [1.807, 2.05) is 27.7 Å². The first-order valence-electron chi connectivity index (χ1n) is 7.76. The molecule has 1 aliphatic heterocycles. The summed E-state index contributed by atoms with van der Waals surface area (Å²) in [6, 6.07) is 6.94. The fraction of sp³-hybridized carbons (Fsp3) is 0.600. The minimum atomic E-state index is -5.31. The molecule has 10 heteroatoms. The van der Waals surface area contributed by atoms with Crippen molar-refractivity contribution in [3.05, 3.63) is 29.8 Å². The van der Waals surface area contributed by atoms with Crippen LogP contribution in [-0.4, -0.2) is 38.8 Å². The molecule has 0 aliphatic carbocycles. The van der Waals surface area contributed by atoms with Gasteiger partial charge in [-0.25, -0.2) is 13.1 Å². The summed E-state index contributed by atoms with van der Waals surface area (Å²) < 4.78 is 71.9. The van der Waals surface area contributed by atoms with Gasteiger partial charge >= 0.3 is 22.7 Å². The third-order valence-corrected chi connectivity index (χ3v) is 5.71. The lowest BCUT2D eigenvalue weighted by Gasteiger charge is -2.32. The fourth-order valence-corrected chi connectivity index (χ4v) is 2.77. The second kappa shape index (κ2) is 6.57. The van der Waals surface area contributed by atoms with Crippen LogP contribution in [0.4, 0.5) is 13.2 Å². The SMILES string of the molecule is CC1(C)OB(c2ccc(CCNS(=O)(=O)C(F)(F)F)cc2)OC1(C)C. The molecule has 1 saturated heterocycles. The molecule has 140 valence electrons. The Morgan fingerprint density at radius 1 is 1.04 bits per heavy atom.